The molecule has 78 valence electrons. The minimum Gasteiger partial charge on any atom is -0.364 e. The van der Waals surface area contributed by atoms with Gasteiger partial charge in [-0.2, -0.15) is 0 Å². The molecular formula is C7H7Cl3N2O2. The van der Waals surface area contributed by atoms with Crippen molar-refractivity contribution in [2.24, 2.45) is 0 Å². The van der Waals surface area contributed by atoms with Gasteiger partial charge in [0.1, 0.15) is 6.73 Å². The summed E-state index contributed by atoms with van der Waals surface area (Å²) >= 11 is 16.3. The molecule has 0 amide bonds. The molecule has 0 fully saturated rings. The predicted molar refractivity (Wildman–Crippen MR) is 53.9 cm³/mol. The van der Waals surface area contributed by atoms with Crippen LogP contribution in [0.4, 0.5) is 0 Å². The molecule has 0 aliphatic heterocycles. The number of ketones is 1. The van der Waals surface area contributed by atoms with E-state index in [1.165, 1.54) is 17.9 Å². The Morgan fingerprint density at radius 2 is 2.29 bits per heavy atom. The lowest BCUT2D eigenvalue weighted by Gasteiger charge is -2.10. The number of hydrogen-bond donors (Lipinski definition) is 0. The Kier molecular flexibility index (Phi) is 3.78. The highest BCUT2D eigenvalue weighted by atomic mass is 35.6. The zero-order chi connectivity index (χ0) is 10.8. The van der Waals surface area contributed by atoms with Gasteiger partial charge < -0.3 is 9.30 Å². The molecule has 0 aliphatic rings. The van der Waals surface area contributed by atoms with Crippen molar-refractivity contribution in [2.75, 3.05) is 7.11 Å². The molecule has 4 nitrogen and oxygen atoms in total. The van der Waals surface area contributed by atoms with E-state index in [4.69, 9.17) is 39.5 Å². The second-order valence-corrected chi connectivity index (χ2v) is 4.75. The van der Waals surface area contributed by atoms with Crippen LogP contribution in [-0.4, -0.2) is 26.2 Å². The van der Waals surface area contributed by atoms with Crippen LogP contribution in [0.15, 0.2) is 12.4 Å². The summed E-state index contributed by atoms with van der Waals surface area (Å²) in [7, 11) is 1.49. The first-order chi connectivity index (χ1) is 6.46. The van der Waals surface area contributed by atoms with E-state index in [1.807, 2.05) is 0 Å². The van der Waals surface area contributed by atoms with Gasteiger partial charge in [-0.1, -0.05) is 34.8 Å². The second kappa shape index (κ2) is 4.49. The van der Waals surface area contributed by atoms with Crippen molar-refractivity contribution < 1.29 is 9.53 Å². The molecule has 0 saturated carbocycles. The number of methoxy groups -OCH3 is 1. The summed E-state index contributed by atoms with van der Waals surface area (Å²) in [5.41, 5.74) is 0. The van der Waals surface area contributed by atoms with Crippen LogP contribution in [0.5, 0.6) is 0 Å². The van der Waals surface area contributed by atoms with Gasteiger partial charge in [0.05, 0.1) is 0 Å². The predicted octanol–water partition coefficient (Wildman–Crippen LogP) is 2.04. The Morgan fingerprint density at radius 1 is 1.64 bits per heavy atom. The summed E-state index contributed by atoms with van der Waals surface area (Å²) < 4.78 is 4.29. The van der Waals surface area contributed by atoms with Crippen molar-refractivity contribution in [3.8, 4) is 0 Å². The van der Waals surface area contributed by atoms with Crippen LogP contribution >= 0.6 is 34.8 Å². The first kappa shape index (κ1) is 11.8. The molecular weight excluding hydrogens is 250 g/mol. The van der Waals surface area contributed by atoms with Gasteiger partial charge in [0, 0.05) is 19.5 Å². The van der Waals surface area contributed by atoms with Gasteiger partial charge in [-0.3, -0.25) is 4.79 Å². The Morgan fingerprint density at radius 3 is 2.79 bits per heavy atom. The number of ether oxygens (including phenoxy) is 1. The number of rotatable bonds is 3. The van der Waals surface area contributed by atoms with Gasteiger partial charge in [-0.15, -0.1) is 0 Å². The third-order valence-corrected chi connectivity index (χ3v) is 1.96. The highest BCUT2D eigenvalue weighted by molar-refractivity contribution is 6.77. The maximum Gasteiger partial charge on any atom is 0.256 e. The van der Waals surface area contributed by atoms with Crippen LogP contribution in [0.3, 0.4) is 0 Å². The molecule has 0 spiro atoms. The maximum atomic E-state index is 11.5. The molecule has 0 aromatic carbocycles. The van der Waals surface area contributed by atoms with Crippen molar-refractivity contribution in [1.82, 2.24) is 9.55 Å². The van der Waals surface area contributed by atoms with E-state index in [1.54, 1.807) is 6.20 Å². The molecule has 1 aromatic heterocycles. The van der Waals surface area contributed by atoms with E-state index in [0.717, 1.165) is 0 Å². The molecule has 0 radical (unpaired) electrons. The van der Waals surface area contributed by atoms with E-state index in [0.29, 0.717) is 0 Å². The largest absolute Gasteiger partial charge is 0.364 e. The third kappa shape index (κ3) is 2.60. The summed E-state index contributed by atoms with van der Waals surface area (Å²) in [6, 6.07) is 0. The SMILES string of the molecule is COCn1ccnc1C(=O)C(Cl)(Cl)Cl. The van der Waals surface area contributed by atoms with Crippen LogP contribution in [0, 0.1) is 0 Å². The summed E-state index contributed by atoms with van der Waals surface area (Å²) in [5.74, 6) is -0.614. The van der Waals surface area contributed by atoms with Crippen LogP contribution < -0.4 is 0 Å². The normalized spacial score (nSPS) is 11.7. The van der Waals surface area contributed by atoms with Gasteiger partial charge in [0.25, 0.3) is 3.79 Å². The lowest BCUT2D eigenvalue weighted by Crippen LogP contribution is -2.23. The van der Waals surface area contributed by atoms with Crippen LogP contribution in [0.2, 0.25) is 0 Å². The molecule has 0 bridgehead atoms. The van der Waals surface area contributed by atoms with Gasteiger partial charge >= 0.3 is 0 Å². The summed E-state index contributed by atoms with van der Waals surface area (Å²) in [6.45, 7) is 0.182. The van der Waals surface area contributed by atoms with Crippen molar-refractivity contribution in [1.29, 1.82) is 0 Å². The quantitative estimate of drug-likeness (QED) is 0.615. The number of imidazole rings is 1. The number of halogens is 3. The summed E-state index contributed by atoms with van der Waals surface area (Å²) in [5, 5.41) is 0. The average Bonchev–Trinajstić information content (AvgIpc) is 2.50. The van der Waals surface area contributed by atoms with Crippen LogP contribution in [0.1, 0.15) is 10.6 Å². The average molecular weight is 258 g/mol. The van der Waals surface area contributed by atoms with E-state index in [9.17, 15) is 4.79 Å². The molecule has 1 heterocycles. The summed E-state index contributed by atoms with van der Waals surface area (Å²) in [6.07, 6.45) is 3.00. The monoisotopic (exact) mass is 256 g/mol. The fraction of sp³-hybridized carbons (Fsp3) is 0.429. The highest BCUT2D eigenvalue weighted by Gasteiger charge is 2.34. The molecule has 0 atom stereocenters. The fourth-order valence-electron chi connectivity index (χ4n) is 0.888. The zero-order valence-electron chi connectivity index (χ0n) is 7.21. The molecule has 14 heavy (non-hydrogen) atoms. The Hall–Kier alpha value is -0.290. The number of Topliss-reactive ketones (excluding diaryl/α,β-unsaturated/α-hetero) is 1. The minimum absolute atomic E-state index is 0.0619. The number of hydrogen-bond acceptors (Lipinski definition) is 3. The van der Waals surface area contributed by atoms with Gasteiger partial charge in [0.2, 0.25) is 5.78 Å². The molecule has 7 heteroatoms. The van der Waals surface area contributed by atoms with Gasteiger partial charge in [-0.05, 0) is 0 Å². The second-order valence-electron chi connectivity index (χ2n) is 2.47. The Bertz CT molecular complexity index is 332. The van der Waals surface area contributed by atoms with Crippen molar-refractivity contribution in [3.05, 3.63) is 18.2 Å². The van der Waals surface area contributed by atoms with E-state index in [2.05, 4.69) is 4.98 Å². The first-order valence-electron chi connectivity index (χ1n) is 3.58. The Balaban J connectivity index is 2.95. The molecule has 0 N–H and O–H groups in total. The van der Waals surface area contributed by atoms with Gasteiger partial charge in [-0.25, -0.2) is 4.98 Å². The topological polar surface area (TPSA) is 44.1 Å². The molecule has 1 aromatic rings. The molecule has 0 saturated heterocycles. The van der Waals surface area contributed by atoms with E-state index in [-0.39, 0.29) is 12.6 Å². The first-order valence-corrected chi connectivity index (χ1v) is 4.72. The maximum absolute atomic E-state index is 11.5. The minimum atomic E-state index is -1.99. The fourth-order valence-corrected chi connectivity index (χ4v) is 1.14. The number of carbonyl (C=O) groups excluding carboxylic acids is 1. The number of carbonyl (C=O) groups is 1. The molecule has 0 aliphatic carbocycles. The third-order valence-electron chi connectivity index (χ3n) is 1.44. The van der Waals surface area contributed by atoms with Crippen molar-refractivity contribution in [3.63, 3.8) is 0 Å². The van der Waals surface area contributed by atoms with E-state index >= 15 is 0 Å². The molecule has 1 rings (SSSR count). The van der Waals surface area contributed by atoms with Crippen LogP contribution in [-0.2, 0) is 11.5 Å². The Labute approximate surface area is 95.7 Å². The van der Waals surface area contributed by atoms with Crippen LogP contribution in [0.25, 0.3) is 0 Å². The standard InChI is InChI=1S/C7H7Cl3N2O2/c1-14-4-12-3-2-11-6(12)5(13)7(8,9)10/h2-3H,4H2,1H3. The number of alkyl halides is 3. The van der Waals surface area contributed by atoms with E-state index < -0.39 is 9.58 Å². The lowest BCUT2D eigenvalue weighted by atomic mass is 10.4. The van der Waals surface area contributed by atoms with Gasteiger partial charge in [0.15, 0.2) is 5.82 Å². The molecule has 0 unspecified atom stereocenters. The lowest BCUT2D eigenvalue weighted by molar-refractivity contribution is 0.0946. The van der Waals surface area contributed by atoms with Crippen molar-refractivity contribution in [2.45, 2.75) is 10.5 Å². The zero-order valence-corrected chi connectivity index (χ0v) is 9.47. The summed E-state index contributed by atoms with van der Waals surface area (Å²) in [4.78, 5) is 15.3. The smallest absolute Gasteiger partial charge is 0.256 e. The van der Waals surface area contributed by atoms with Crippen molar-refractivity contribution >= 4 is 40.6 Å². The number of aromatic nitrogens is 2. The number of nitrogens with zero attached hydrogens (tertiary/aromatic N) is 2. The highest BCUT2D eigenvalue weighted by Crippen LogP contribution is 2.29.